The van der Waals surface area contributed by atoms with E-state index in [1.807, 2.05) is 76.7 Å². The Morgan fingerprint density at radius 3 is 1.40 bits per heavy atom. The zero-order valence-electron chi connectivity index (χ0n) is 18.2. The van der Waals surface area contributed by atoms with Crippen LogP contribution >= 0.6 is 0 Å². The van der Waals surface area contributed by atoms with E-state index in [0.717, 1.165) is 47.1 Å². The fourth-order valence-electron chi connectivity index (χ4n) is 2.78. The van der Waals surface area contributed by atoms with Crippen LogP contribution in [0.4, 0.5) is 0 Å². The van der Waals surface area contributed by atoms with E-state index >= 15 is 0 Å². The van der Waals surface area contributed by atoms with Crippen LogP contribution in [-0.2, 0) is 0 Å². The minimum atomic E-state index is 0.663. The van der Waals surface area contributed by atoms with Gasteiger partial charge in [0.25, 0.3) is 0 Å². The molecule has 3 rings (SSSR count). The van der Waals surface area contributed by atoms with Crippen molar-refractivity contribution in [2.45, 2.75) is 0 Å². The van der Waals surface area contributed by atoms with Gasteiger partial charge in [0.2, 0.25) is 0 Å². The maximum Gasteiger partial charge on any atom is 0.119 e. The molecule has 0 radical (unpaired) electrons. The molecule has 1 heterocycles. The highest BCUT2D eigenvalue weighted by atomic mass is 16.5. The van der Waals surface area contributed by atoms with Crippen LogP contribution in [0.1, 0.15) is 0 Å². The summed E-state index contributed by atoms with van der Waals surface area (Å²) in [6.45, 7) is 3.09. The van der Waals surface area contributed by atoms with Gasteiger partial charge in [-0.2, -0.15) is 0 Å². The molecule has 6 nitrogen and oxygen atoms in total. The molecule has 0 spiro atoms. The van der Waals surface area contributed by atoms with Gasteiger partial charge in [-0.15, -0.1) is 0 Å². The van der Waals surface area contributed by atoms with Gasteiger partial charge >= 0.3 is 0 Å². The maximum absolute atomic E-state index is 5.76. The molecule has 2 aromatic carbocycles. The van der Waals surface area contributed by atoms with E-state index in [1.165, 1.54) is 0 Å². The van der Waals surface area contributed by atoms with E-state index in [9.17, 15) is 0 Å². The predicted octanol–water partition coefficient (Wildman–Crippen LogP) is 3.69. The first-order chi connectivity index (χ1) is 14.5. The Morgan fingerprint density at radius 1 is 0.633 bits per heavy atom. The molecule has 0 unspecified atom stereocenters. The van der Waals surface area contributed by atoms with Crippen molar-refractivity contribution in [3.63, 3.8) is 0 Å². The number of benzene rings is 2. The van der Waals surface area contributed by atoms with Gasteiger partial charge in [0.15, 0.2) is 0 Å². The first-order valence-corrected chi connectivity index (χ1v) is 10.1. The van der Waals surface area contributed by atoms with Crippen LogP contribution in [0.2, 0.25) is 0 Å². The van der Waals surface area contributed by atoms with E-state index in [2.05, 4.69) is 14.8 Å². The molecule has 0 bridgehead atoms. The number of hydrogen-bond donors (Lipinski definition) is 0. The molecule has 158 valence electrons. The summed E-state index contributed by atoms with van der Waals surface area (Å²) in [5.41, 5.74) is 3.68. The van der Waals surface area contributed by atoms with Crippen molar-refractivity contribution < 1.29 is 9.47 Å². The molecule has 1 aromatic heterocycles. The third kappa shape index (κ3) is 6.54. The third-order valence-electron chi connectivity index (χ3n) is 4.55. The number of likely N-dealkylation sites (N-methyl/N-ethyl adjacent to an activating group) is 2. The number of rotatable bonds is 10. The molecule has 0 aliphatic rings. The van der Waals surface area contributed by atoms with Gasteiger partial charge in [-0.3, -0.25) is 4.98 Å². The normalized spacial score (nSPS) is 11.1. The summed E-state index contributed by atoms with van der Waals surface area (Å²) in [7, 11) is 8.13. The van der Waals surface area contributed by atoms with Gasteiger partial charge in [-0.05, 0) is 76.7 Å². The largest absolute Gasteiger partial charge is 0.492 e. The van der Waals surface area contributed by atoms with E-state index in [1.54, 1.807) is 12.4 Å². The maximum atomic E-state index is 5.76. The Hall–Kier alpha value is -2.96. The summed E-state index contributed by atoms with van der Waals surface area (Å²) >= 11 is 0. The summed E-state index contributed by atoms with van der Waals surface area (Å²) in [5.74, 6) is 1.71. The van der Waals surface area contributed by atoms with Crippen molar-refractivity contribution in [3.05, 3.63) is 60.9 Å². The zero-order chi connectivity index (χ0) is 21.3. The van der Waals surface area contributed by atoms with Gasteiger partial charge in [0.05, 0.1) is 23.8 Å². The lowest BCUT2D eigenvalue weighted by atomic mass is 10.1. The second-order valence-electron chi connectivity index (χ2n) is 7.64. The molecular formula is C24H30N4O2. The van der Waals surface area contributed by atoms with Crippen LogP contribution < -0.4 is 9.47 Å². The van der Waals surface area contributed by atoms with Crippen LogP contribution in [-0.4, -0.2) is 74.3 Å². The molecule has 30 heavy (non-hydrogen) atoms. The fraction of sp³-hybridized carbons (Fsp3) is 0.333. The van der Waals surface area contributed by atoms with Crippen molar-refractivity contribution in [1.82, 2.24) is 19.8 Å². The summed E-state index contributed by atoms with van der Waals surface area (Å²) < 4.78 is 11.5. The average molecular weight is 407 g/mol. The van der Waals surface area contributed by atoms with Gasteiger partial charge < -0.3 is 19.3 Å². The van der Waals surface area contributed by atoms with Crippen molar-refractivity contribution >= 4 is 0 Å². The highest BCUT2D eigenvalue weighted by Crippen LogP contribution is 2.25. The lowest BCUT2D eigenvalue weighted by Crippen LogP contribution is -2.19. The second-order valence-corrected chi connectivity index (χ2v) is 7.64. The first kappa shape index (κ1) is 21.7. The summed E-state index contributed by atoms with van der Waals surface area (Å²) in [6.07, 6.45) is 3.56. The minimum Gasteiger partial charge on any atom is -0.492 e. The lowest BCUT2D eigenvalue weighted by molar-refractivity contribution is 0.261. The molecule has 0 aliphatic carbocycles. The molecule has 0 saturated carbocycles. The fourth-order valence-corrected chi connectivity index (χ4v) is 2.78. The van der Waals surface area contributed by atoms with Crippen molar-refractivity contribution in [3.8, 4) is 34.0 Å². The van der Waals surface area contributed by atoms with Gasteiger partial charge in [0, 0.05) is 24.2 Å². The zero-order valence-corrected chi connectivity index (χ0v) is 18.2. The van der Waals surface area contributed by atoms with Gasteiger partial charge in [-0.25, -0.2) is 4.98 Å². The Balaban J connectivity index is 1.65. The Labute approximate surface area is 179 Å². The lowest BCUT2D eigenvalue weighted by Gasteiger charge is -2.12. The monoisotopic (exact) mass is 406 g/mol. The number of nitrogens with zero attached hydrogens (tertiary/aromatic N) is 4. The first-order valence-electron chi connectivity index (χ1n) is 10.1. The van der Waals surface area contributed by atoms with Gasteiger partial charge in [-0.1, -0.05) is 0 Å². The SMILES string of the molecule is CN(C)CCOc1ccc(-c2cncc(-c3ccc(OCCN(C)C)cc3)n2)cc1. The molecule has 0 saturated heterocycles. The summed E-state index contributed by atoms with van der Waals surface area (Å²) in [6, 6.07) is 15.9. The smallest absolute Gasteiger partial charge is 0.119 e. The Morgan fingerprint density at radius 2 is 1.03 bits per heavy atom. The van der Waals surface area contributed by atoms with Crippen LogP contribution in [0.5, 0.6) is 11.5 Å². The van der Waals surface area contributed by atoms with Crippen molar-refractivity contribution in [2.24, 2.45) is 0 Å². The molecule has 0 N–H and O–H groups in total. The number of ether oxygens (including phenoxy) is 2. The van der Waals surface area contributed by atoms with Crippen LogP contribution in [0, 0.1) is 0 Å². The minimum absolute atomic E-state index is 0.663. The molecule has 0 amide bonds. The van der Waals surface area contributed by atoms with E-state index in [-0.39, 0.29) is 0 Å². The van der Waals surface area contributed by atoms with Crippen LogP contribution in [0.3, 0.4) is 0 Å². The molecule has 6 heteroatoms. The quantitative estimate of drug-likeness (QED) is 0.512. The summed E-state index contributed by atoms with van der Waals surface area (Å²) in [4.78, 5) is 13.4. The van der Waals surface area contributed by atoms with Gasteiger partial charge in [0.1, 0.15) is 24.7 Å². The van der Waals surface area contributed by atoms with E-state index < -0.39 is 0 Å². The number of hydrogen-bond acceptors (Lipinski definition) is 6. The van der Waals surface area contributed by atoms with Crippen LogP contribution in [0.15, 0.2) is 60.9 Å². The summed E-state index contributed by atoms with van der Waals surface area (Å²) in [5, 5.41) is 0. The topological polar surface area (TPSA) is 50.7 Å². The Kier molecular flexibility index (Phi) is 7.76. The highest BCUT2D eigenvalue weighted by molar-refractivity contribution is 5.65. The average Bonchev–Trinajstić information content (AvgIpc) is 2.74. The number of aromatic nitrogens is 2. The van der Waals surface area contributed by atoms with Crippen LogP contribution in [0.25, 0.3) is 22.5 Å². The van der Waals surface area contributed by atoms with Crippen molar-refractivity contribution in [2.75, 3.05) is 54.5 Å². The molecule has 0 fully saturated rings. The molecular weight excluding hydrogens is 376 g/mol. The standard InChI is InChI=1S/C24H30N4O2/c1-27(2)13-15-29-21-9-5-19(6-10-21)23-17-25-18-24(26-23)20-7-11-22(12-8-20)30-16-14-28(3)4/h5-12,17-18H,13-16H2,1-4H3. The third-order valence-corrected chi connectivity index (χ3v) is 4.55. The predicted molar refractivity (Wildman–Crippen MR) is 121 cm³/mol. The second kappa shape index (κ2) is 10.7. The highest BCUT2D eigenvalue weighted by Gasteiger charge is 2.06. The van der Waals surface area contributed by atoms with E-state index in [4.69, 9.17) is 14.5 Å². The molecule has 3 aromatic rings. The Bertz CT molecular complexity index is 836. The molecule has 0 aliphatic heterocycles. The molecule has 0 atom stereocenters. The van der Waals surface area contributed by atoms with E-state index in [0.29, 0.717) is 13.2 Å². The van der Waals surface area contributed by atoms with Crippen molar-refractivity contribution in [1.29, 1.82) is 0 Å².